The van der Waals surface area contributed by atoms with Gasteiger partial charge in [-0.1, -0.05) is 6.92 Å². The fourth-order valence-corrected chi connectivity index (χ4v) is 8.90. The van der Waals surface area contributed by atoms with Crippen molar-refractivity contribution in [2.24, 2.45) is 11.3 Å². The van der Waals surface area contributed by atoms with Gasteiger partial charge in [-0.25, -0.2) is 29.1 Å². The quantitative estimate of drug-likeness (QED) is 0.129. The third-order valence-electron chi connectivity index (χ3n) is 8.87. The lowest BCUT2D eigenvalue weighted by molar-refractivity contribution is -0.0604. The Morgan fingerprint density at radius 1 is 0.957 bits per heavy atom. The van der Waals surface area contributed by atoms with Crippen LogP contribution in [0.15, 0.2) is 23.8 Å². The average Bonchev–Trinajstić information content (AvgIpc) is 3.73. The highest BCUT2D eigenvalue weighted by Gasteiger charge is 2.57. The second kappa shape index (κ2) is 10.8. The maximum absolute atomic E-state index is 13.3. The predicted molar refractivity (Wildman–Crippen MR) is 155 cm³/mol. The van der Waals surface area contributed by atoms with Crippen LogP contribution >= 0.6 is 15.6 Å². The Labute approximate surface area is 257 Å². The standard InChI is InChI=1S/C23H30N10O11P2/c1-23-3-11(33-8-29-13-20(33)30-22(25)31-21(13)36)15(35)17(23)44-45(37,38)41-4-9-2-10(14(34)16(9)43-46(39,40)42-5-23)32-7-28-12-18(24)26-6-27-19(12)32/h6-11,14-17,34-35H,2-5H2,1H3,(H,37,38)(H,39,40)(H2,24,26,27)(H3,25,30,31,36)/t9-,10-,11-,14+,15+,16-,17+,23-/m1/s1. The molecule has 23 heteroatoms. The smallest absolute Gasteiger partial charge is 0.388 e. The summed E-state index contributed by atoms with van der Waals surface area (Å²) < 4.78 is 51.3. The third kappa shape index (κ3) is 5.22. The highest BCUT2D eigenvalue weighted by molar-refractivity contribution is 7.47. The van der Waals surface area contributed by atoms with E-state index in [1.54, 1.807) is 0 Å². The number of nitrogen functional groups attached to an aromatic ring is 2. The first-order valence-corrected chi connectivity index (χ1v) is 17.0. The normalized spacial score (nSPS) is 38.8. The lowest BCUT2D eigenvalue weighted by atomic mass is 9.87. The number of anilines is 2. The molecular formula is C23H30N10O11P2. The first-order chi connectivity index (χ1) is 21.7. The number of aromatic nitrogens is 8. The van der Waals surface area contributed by atoms with Gasteiger partial charge in [-0.2, -0.15) is 4.98 Å². The van der Waals surface area contributed by atoms with Crippen molar-refractivity contribution < 1.29 is 47.2 Å². The van der Waals surface area contributed by atoms with E-state index in [2.05, 4.69) is 29.9 Å². The number of imidazole rings is 2. The van der Waals surface area contributed by atoms with E-state index in [9.17, 15) is 33.9 Å². The second-order valence-electron chi connectivity index (χ2n) is 11.9. The van der Waals surface area contributed by atoms with Gasteiger partial charge in [0.25, 0.3) is 5.56 Å². The molecule has 1 aliphatic heterocycles. The van der Waals surface area contributed by atoms with Crippen LogP contribution in [0.1, 0.15) is 31.8 Å². The number of hydrogen-bond donors (Lipinski definition) is 7. The Morgan fingerprint density at radius 2 is 1.65 bits per heavy atom. The van der Waals surface area contributed by atoms with Gasteiger partial charge in [-0.05, 0) is 12.8 Å². The van der Waals surface area contributed by atoms with Crippen molar-refractivity contribution in [1.82, 2.24) is 39.0 Å². The van der Waals surface area contributed by atoms with E-state index in [0.717, 1.165) is 0 Å². The van der Waals surface area contributed by atoms with Gasteiger partial charge in [0.05, 0.1) is 38.0 Å². The van der Waals surface area contributed by atoms with E-state index in [1.165, 1.54) is 35.0 Å². The number of nitrogens with one attached hydrogen (secondary N) is 1. The van der Waals surface area contributed by atoms with Gasteiger partial charge in [0.2, 0.25) is 5.95 Å². The Balaban J connectivity index is 1.20. The molecule has 0 radical (unpaired) electrons. The molecule has 21 nitrogen and oxygen atoms in total. The summed E-state index contributed by atoms with van der Waals surface area (Å²) >= 11 is 0. The number of phosphoric acid groups is 2. The molecule has 2 saturated carbocycles. The van der Waals surface area contributed by atoms with E-state index in [4.69, 9.17) is 29.6 Å². The molecule has 248 valence electrons. The van der Waals surface area contributed by atoms with E-state index in [-0.39, 0.29) is 46.9 Å². The van der Waals surface area contributed by atoms with Crippen molar-refractivity contribution in [2.45, 2.75) is 56.3 Å². The Morgan fingerprint density at radius 3 is 2.41 bits per heavy atom. The molecule has 0 bridgehead atoms. The molecule has 7 rings (SSSR count). The first kappa shape index (κ1) is 31.3. The summed E-state index contributed by atoms with van der Waals surface area (Å²) in [5, 5.41) is 22.8. The molecule has 0 amide bonds. The van der Waals surface area contributed by atoms with E-state index in [0.29, 0.717) is 0 Å². The summed E-state index contributed by atoms with van der Waals surface area (Å²) in [6.07, 6.45) is -2.12. The predicted octanol–water partition coefficient (Wildman–Crippen LogP) is -0.624. The van der Waals surface area contributed by atoms with Gasteiger partial charge in [0.1, 0.15) is 36.3 Å². The summed E-state index contributed by atoms with van der Waals surface area (Å²) in [4.78, 5) is 56.7. The van der Waals surface area contributed by atoms with Crippen LogP contribution in [0.5, 0.6) is 0 Å². The summed E-state index contributed by atoms with van der Waals surface area (Å²) in [5.41, 5.74) is 10.1. The van der Waals surface area contributed by atoms with Gasteiger partial charge in [0.15, 0.2) is 22.6 Å². The lowest BCUT2D eigenvalue weighted by Crippen LogP contribution is -2.40. The van der Waals surface area contributed by atoms with Crippen LogP contribution in [-0.2, 0) is 27.2 Å². The number of phosphoric ester groups is 2. The Hall–Kier alpha value is -3.36. The van der Waals surface area contributed by atoms with Gasteiger partial charge in [-0.15, -0.1) is 0 Å². The van der Waals surface area contributed by atoms with E-state index < -0.39 is 82.3 Å². The molecule has 4 aromatic heterocycles. The van der Waals surface area contributed by atoms with Crippen molar-refractivity contribution in [1.29, 1.82) is 0 Å². The number of aromatic amines is 1. The van der Waals surface area contributed by atoms with Crippen molar-refractivity contribution in [2.75, 3.05) is 24.7 Å². The SMILES string of the molecule is C[C@@]12COP(=O)(O)O[C@@H]3[C@@H](COP(=O)(O)O[C@H]1[C@@H](O)[C@H](n1cnc4c(=O)[nH]c(N)nc41)C2)C[C@@H](n1cnc2c(N)ncnc21)[C@@H]3O. The number of hydrogen-bond acceptors (Lipinski definition) is 16. The van der Waals surface area contributed by atoms with Gasteiger partial charge in [0, 0.05) is 11.3 Å². The highest BCUT2D eigenvalue weighted by Crippen LogP contribution is 2.59. The van der Waals surface area contributed by atoms with Crippen molar-refractivity contribution in [3.63, 3.8) is 0 Å². The van der Waals surface area contributed by atoms with Gasteiger partial charge < -0.3 is 40.6 Å². The minimum Gasteiger partial charge on any atom is -0.388 e. The zero-order chi connectivity index (χ0) is 32.8. The van der Waals surface area contributed by atoms with Crippen LogP contribution in [0.2, 0.25) is 0 Å². The number of aliphatic hydroxyl groups excluding tert-OH is 2. The third-order valence-corrected chi connectivity index (χ3v) is 10.8. The number of rotatable bonds is 2. The monoisotopic (exact) mass is 684 g/mol. The largest absolute Gasteiger partial charge is 0.472 e. The molecule has 9 N–H and O–H groups in total. The van der Waals surface area contributed by atoms with Crippen LogP contribution in [0.25, 0.3) is 22.3 Å². The van der Waals surface area contributed by atoms with Crippen molar-refractivity contribution in [3.05, 3.63) is 29.3 Å². The minimum atomic E-state index is -4.94. The first-order valence-electron chi connectivity index (χ1n) is 14.0. The second-order valence-corrected chi connectivity index (χ2v) is 14.7. The molecule has 0 aromatic carbocycles. The summed E-state index contributed by atoms with van der Waals surface area (Å²) in [5.74, 6) is -1.03. The fourth-order valence-electron chi connectivity index (χ4n) is 6.67. The molecule has 1 saturated heterocycles. The number of aliphatic hydroxyl groups is 2. The van der Waals surface area contributed by atoms with Gasteiger partial charge >= 0.3 is 15.6 Å². The molecule has 10 atom stereocenters. The maximum Gasteiger partial charge on any atom is 0.472 e. The number of nitrogens with two attached hydrogens (primary N) is 2. The number of H-pyrrole nitrogens is 1. The van der Waals surface area contributed by atoms with Crippen molar-refractivity contribution >= 4 is 49.7 Å². The summed E-state index contributed by atoms with van der Waals surface area (Å²) in [7, 11) is -9.87. The topological polar surface area (TPSA) is 311 Å². The van der Waals surface area contributed by atoms with Crippen molar-refractivity contribution in [3.8, 4) is 0 Å². The summed E-state index contributed by atoms with van der Waals surface area (Å²) in [6, 6.07) is -1.80. The molecule has 3 aliphatic rings. The molecule has 46 heavy (non-hydrogen) atoms. The highest BCUT2D eigenvalue weighted by atomic mass is 31.2. The van der Waals surface area contributed by atoms with Crippen LogP contribution in [0.4, 0.5) is 11.8 Å². The molecule has 0 spiro atoms. The average molecular weight is 684 g/mol. The van der Waals surface area contributed by atoms with E-state index in [1.807, 2.05) is 0 Å². The zero-order valence-corrected chi connectivity index (χ0v) is 25.7. The van der Waals surface area contributed by atoms with Crippen LogP contribution in [-0.4, -0.2) is 96.7 Å². The maximum atomic E-state index is 13.3. The Kier molecular flexibility index (Phi) is 7.37. The molecular weight excluding hydrogens is 654 g/mol. The van der Waals surface area contributed by atoms with E-state index >= 15 is 0 Å². The number of nitrogens with zero attached hydrogens (tertiary/aromatic N) is 7. The van der Waals surface area contributed by atoms with Crippen LogP contribution < -0.4 is 17.0 Å². The van der Waals surface area contributed by atoms with Crippen LogP contribution in [0, 0.1) is 11.3 Å². The zero-order valence-electron chi connectivity index (χ0n) is 23.9. The fraction of sp³-hybridized carbons (Fsp3) is 0.565. The summed E-state index contributed by atoms with van der Waals surface area (Å²) in [6.45, 7) is 0.333. The minimum absolute atomic E-state index is 0.0238. The molecule has 2 aliphatic carbocycles. The molecule has 4 aromatic rings. The molecule has 5 heterocycles. The molecule has 3 fully saturated rings. The van der Waals surface area contributed by atoms with Gasteiger partial charge in [-0.3, -0.25) is 27.9 Å². The Bertz CT molecular complexity index is 1990. The number of fused-ring (bicyclic) bond motifs is 4. The lowest BCUT2D eigenvalue weighted by Gasteiger charge is -2.34. The van der Waals surface area contributed by atoms with Crippen LogP contribution in [0.3, 0.4) is 0 Å². The molecule has 2 unspecified atom stereocenters.